The lowest BCUT2D eigenvalue weighted by atomic mass is 10.1. The third-order valence-corrected chi connectivity index (χ3v) is 4.57. The number of furan rings is 1. The van der Waals surface area contributed by atoms with Crippen molar-refractivity contribution in [1.29, 1.82) is 0 Å². The van der Waals surface area contributed by atoms with Gasteiger partial charge in [0.05, 0.1) is 13.4 Å². The van der Waals surface area contributed by atoms with Gasteiger partial charge in [0.25, 0.3) is 5.56 Å². The Morgan fingerprint density at radius 2 is 1.96 bits per heavy atom. The Balaban J connectivity index is 1.46. The molecule has 0 spiro atoms. The van der Waals surface area contributed by atoms with Crippen LogP contribution in [0.3, 0.4) is 0 Å². The van der Waals surface area contributed by atoms with E-state index in [2.05, 4.69) is 10.3 Å². The monoisotopic (exact) mass is 377 g/mol. The van der Waals surface area contributed by atoms with Crippen molar-refractivity contribution in [2.75, 3.05) is 13.7 Å². The maximum absolute atomic E-state index is 12.6. The van der Waals surface area contributed by atoms with E-state index in [0.717, 1.165) is 16.7 Å². The van der Waals surface area contributed by atoms with Crippen LogP contribution in [0.1, 0.15) is 5.56 Å². The van der Waals surface area contributed by atoms with Gasteiger partial charge in [-0.3, -0.25) is 14.2 Å². The first-order valence-electron chi connectivity index (χ1n) is 8.92. The van der Waals surface area contributed by atoms with Crippen molar-refractivity contribution < 1.29 is 13.9 Å². The van der Waals surface area contributed by atoms with Crippen LogP contribution in [0.4, 0.5) is 0 Å². The van der Waals surface area contributed by atoms with Crippen LogP contribution < -0.4 is 15.6 Å². The fraction of sp³-hybridized carbons (Fsp3) is 0.190. The Morgan fingerprint density at radius 1 is 1.18 bits per heavy atom. The summed E-state index contributed by atoms with van der Waals surface area (Å²) in [6.45, 7) is 0.318. The van der Waals surface area contributed by atoms with Gasteiger partial charge in [0.15, 0.2) is 0 Å². The second-order valence-electron chi connectivity index (χ2n) is 6.37. The fourth-order valence-electron chi connectivity index (χ4n) is 3.18. The van der Waals surface area contributed by atoms with Crippen molar-refractivity contribution in [2.45, 2.75) is 13.0 Å². The van der Waals surface area contributed by atoms with Gasteiger partial charge in [-0.1, -0.05) is 30.3 Å². The first kappa shape index (κ1) is 17.8. The number of para-hydroxylation sites is 2. The lowest BCUT2D eigenvalue weighted by Crippen LogP contribution is -2.33. The van der Waals surface area contributed by atoms with Crippen LogP contribution in [-0.2, 0) is 17.8 Å². The summed E-state index contributed by atoms with van der Waals surface area (Å²) in [6, 6.07) is 15.0. The molecule has 142 valence electrons. The number of nitrogens with zero attached hydrogens (tertiary/aromatic N) is 2. The number of rotatable bonds is 6. The number of benzene rings is 2. The van der Waals surface area contributed by atoms with Gasteiger partial charge < -0.3 is 14.5 Å². The number of hydrogen-bond acceptors (Lipinski definition) is 5. The van der Waals surface area contributed by atoms with Crippen molar-refractivity contribution in [3.05, 3.63) is 70.8 Å². The molecule has 4 rings (SSSR count). The lowest BCUT2D eigenvalue weighted by molar-refractivity contribution is -0.121. The molecule has 2 aromatic heterocycles. The van der Waals surface area contributed by atoms with Gasteiger partial charge in [0.1, 0.15) is 23.4 Å². The summed E-state index contributed by atoms with van der Waals surface area (Å²) in [6.07, 6.45) is 2.01. The Labute approximate surface area is 160 Å². The third-order valence-electron chi connectivity index (χ3n) is 4.57. The molecular formula is C21H19N3O4. The molecule has 0 fully saturated rings. The normalized spacial score (nSPS) is 11.0. The van der Waals surface area contributed by atoms with Crippen molar-refractivity contribution in [2.24, 2.45) is 0 Å². The highest BCUT2D eigenvalue weighted by Gasteiger charge is 2.14. The summed E-state index contributed by atoms with van der Waals surface area (Å²) in [7, 11) is 1.62. The Kier molecular flexibility index (Phi) is 4.80. The summed E-state index contributed by atoms with van der Waals surface area (Å²) in [5, 5.41) is 3.60. The number of aromatic nitrogens is 2. The third kappa shape index (κ3) is 3.34. The topological polar surface area (TPSA) is 86.4 Å². The van der Waals surface area contributed by atoms with Gasteiger partial charge in [0.2, 0.25) is 11.5 Å². The van der Waals surface area contributed by atoms with Crippen molar-refractivity contribution in [3.63, 3.8) is 0 Å². The molecule has 0 aliphatic heterocycles. The van der Waals surface area contributed by atoms with Crippen molar-refractivity contribution >= 4 is 28.0 Å². The lowest BCUT2D eigenvalue weighted by Gasteiger charge is -2.09. The molecule has 0 unspecified atom stereocenters. The summed E-state index contributed by atoms with van der Waals surface area (Å²) in [4.78, 5) is 29.2. The fourth-order valence-corrected chi connectivity index (χ4v) is 3.18. The largest absolute Gasteiger partial charge is 0.496 e. The summed E-state index contributed by atoms with van der Waals surface area (Å²) in [5.74, 6) is 0.516. The number of carbonyl (C=O) groups is 1. The van der Waals surface area contributed by atoms with Gasteiger partial charge in [-0.25, -0.2) is 4.98 Å². The van der Waals surface area contributed by atoms with Gasteiger partial charge in [-0.05, 0) is 30.2 Å². The highest BCUT2D eigenvalue weighted by atomic mass is 16.5. The molecule has 0 radical (unpaired) electrons. The Morgan fingerprint density at radius 3 is 2.82 bits per heavy atom. The van der Waals surface area contributed by atoms with Crippen LogP contribution in [0.5, 0.6) is 5.75 Å². The molecule has 1 amide bonds. The minimum absolute atomic E-state index is 0.120. The summed E-state index contributed by atoms with van der Waals surface area (Å²) >= 11 is 0. The minimum atomic E-state index is -0.374. The van der Waals surface area contributed by atoms with Crippen LogP contribution in [0.2, 0.25) is 0 Å². The maximum Gasteiger partial charge on any atom is 0.297 e. The van der Waals surface area contributed by atoms with Crippen LogP contribution in [0, 0.1) is 0 Å². The number of ether oxygens (including phenoxy) is 1. The zero-order chi connectivity index (χ0) is 19.5. The molecule has 2 aromatic carbocycles. The van der Waals surface area contributed by atoms with Crippen molar-refractivity contribution in [1.82, 2.24) is 14.9 Å². The van der Waals surface area contributed by atoms with E-state index in [1.54, 1.807) is 13.2 Å². The first-order valence-corrected chi connectivity index (χ1v) is 8.92. The molecule has 7 nitrogen and oxygen atoms in total. The molecular weight excluding hydrogens is 358 g/mol. The molecule has 2 heterocycles. The Hall–Kier alpha value is -3.61. The van der Waals surface area contributed by atoms with E-state index in [1.165, 1.54) is 10.9 Å². The predicted molar refractivity (Wildman–Crippen MR) is 105 cm³/mol. The van der Waals surface area contributed by atoms with E-state index in [-0.39, 0.29) is 23.6 Å². The molecule has 0 atom stereocenters. The number of nitrogens with one attached hydrogen (secondary N) is 1. The minimum Gasteiger partial charge on any atom is -0.496 e. The summed E-state index contributed by atoms with van der Waals surface area (Å²) in [5.41, 5.74) is 1.90. The van der Waals surface area contributed by atoms with Crippen LogP contribution in [-0.4, -0.2) is 29.1 Å². The second-order valence-corrected chi connectivity index (χ2v) is 6.37. The second kappa shape index (κ2) is 7.56. The predicted octanol–water partition coefficient (Wildman–Crippen LogP) is 2.51. The Bertz CT molecular complexity index is 1210. The van der Waals surface area contributed by atoms with E-state index in [0.29, 0.717) is 24.1 Å². The van der Waals surface area contributed by atoms with Gasteiger partial charge in [-0.2, -0.15) is 0 Å². The van der Waals surface area contributed by atoms with E-state index in [1.807, 2.05) is 42.5 Å². The van der Waals surface area contributed by atoms with Gasteiger partial charge >= 0.3 is 0 Å². The van der Waals surface area contributed by atoms with E-state index < -0.39 is 0 Å². The number of fused-ring (bicyclic) bond motifs is 3. The highest BCUT2D eigenvalue weighted by Crippen LogP contribution is 2.24. The molecule has 0 aliphatic rings. The molecule has 28 heavy (non-hydrogen) atoms. The molecule has 0 saturated heterocycles. The van der Waals surface area contributed by atoms with Crippen LogP contribution in [0.25, 0.3) is 22.1 Å². The van der Waals surface area contributed by atoms with Gasteiger partial charge in [-0.15, -0.1) is 0 Å². The van der Waals surface area contributed by atoms with Crippen LogP contribution in [0.15, 0.2) is 64.1 Å². The van der Waals surface area contributed by atoms with E-state index in [9.17, 15) is 9.59 Å². The number of hydrogen-bond donors (Lipinski definition) is 1. The molecule has 1 N–H and O–H groups in total. The SMILES string of the molecule is COc1ccccc1CCNC(=O)Cn1cnc2c(oc3ccccc32)c1=O. The highest BCUT2D eigenvalue weighted by molar-refractivity contribution is 6.01. The zero-order valence-electron chi connectivity index (χ0n) is 15.3. The van der Waals surface area contributed by atoms with Gasteiger partial charge in [0, 0.05) is 11.9 Å². The number of carbonyl (C=O) groups excluding carboxylic acids is 1. The average molecular weight is 377 g/mol. The molecule has 0 aliphatic carbocycles. The summed E-state index contributed by atoms with van der Waals surface area (Å²) < 4.78 is 12.2. The van der Waals surface area contributed by atoms with Crippen molar-refractivity contribution in [3.8, 4) is 5.75 Å². The average Bonchev–Trinajstić information content (AvgIpc) is 3.10. The smallest absolute Gasteiger partial charge is 0.297 e. The maximum atomic E-state index is 12.6. The molecule has 0 bridgehead atoms. The van der Waals surface area contributed by atoms with E-state index >= 15 is 0 Å². The molecule has 4 aromatic rings. The molecule has 0 saturated carbocycles. The number of amides is 1. The standard InChI is InChI=1S/C21H19N3O4/c1-27-16-8-4-2-6-14(16)10-11-22-18(25)12-24-13-23-19-15-7-3-5-9-17(15)28-20(19)21(24)26/h2-9,13H,10-12H2,1H3,(H,22,25). The number of methoxy groups -OCH3 is 1. The van der Waals surface area contributed by atoms with E-state index in [4.69, 9.17) is 9.15 Å². The molecule has 7 heteroatoms. The first-order chi connectivity index (χ1) is 13.7. The zero-order valence-corrected chi connectivity index (χ0v) is 15.3. The van der Waals surface area contributed by atoms with Crippen LogP contribution >= 0.6 is 0 Å². The quantitative estimate of drug-likeness (QED) is 0.558.